The highest BCUT2D eigenvalue weighted by atomic mass is 16.6. The summed E-state index contributed by atoms with van der Waals surface area (Å²) in [6.07, 6.45) is 0.623. The van der Waals surface area contributed by atoms with Crippen LogP contribution in [-0.2, 0) is 14.3 Å². The zero-order valence-electron chi connectivity index (χ0n) is 20.3. The first-order valence-corrected chi connectivity index (χ1v) is 11.8. The number of amides is 1. The van der Waals surface area contributed by atoms with E-state index in [1.807, 2.05) is 0 Å². The van der Waals surface area contributed by atoms with Crippen LogP contribution in [0.1, 0.15) is 29.2 Å². The van der Waals surface area contributed by atoms with Crippen LogP contribution in [0.25, 0.3) is 5.76 Å². The van der Waals surface area contributed by atoms with Crippen molar-refractivity contribution in [3.8, 4) is 5.75 Å². The van der Waals surface area contributed by atoms with Gasteiger partial charge in [-0.3, -0.25) is 24.6 Å². The molecular weight excluding hydrogens is 466 g/mol. The molecule has 0 unspecified atom stereocenters. The van der Waals surface area contributed by atoms with Gasteiger partial charge in [-0.15, -0.1) is 0 Å². The fraction of sp³-hybridized carbons (Fsp3) is 0.385. The second kappa shape index (κ2) is 10.9. The highest BCUT2D eigenvalue weighted by Gasteiger charge is 2.46. The van der Waals surface area contributed by atoms with Crippen LogP contribution in [0, 0.1) is 17.0 Å². The first-order valence-electron chi connectivity index (χ1n) is 11.8. The first-order chi connectivity index (χ1) is 17.3. The third kappa shape index (κ3) is 5.09. The maximum atomic E-state index is 13.2. The number of aliphatic hydroxyl groups is 1. The van der Waals surface area contributed by atoms with Gasteiger partial charge in [-0.05, 0) is 54.8 Å². The van der Waals surface area contributed by atoms with Gasteiger partial charge in [0.2, 0.25) is 0 Å². The molecule has 0 radical (unpaired) electrons. The summed E-state index contributed by atoms with van der Waals surface area (Å²) in [4.78, 5) is 40.7. The number of aliphatic hydroxyl groups excluding tert-OH is 1. The van der Waals surface area contributed by atoms with Crippen LogP contribution in [0.15, 0.2) is 48.0 Å². The van der Waals surface area contributed by atoms with E-state index in [-0.39, 0.29) is 17.0 Å². The normalized spacial score (nSPS) is 20.1. The van der Waals surface area contributed by atoms with E-state index in [1.54, 1.807) is 25.1 Å². The van der Waals surface area contributed by atoms with Crippen molar-refractivity contribution in [2.45, 2.75) is 19.4 Å². The minimum atomic E-state index is -0.864. The lowest BCUT2D eigenvalue weighted by Gasteiger charge is -2.29. The van der Waals surface area contributed by atoms with Crippen molar-refractivity contribution in [3.05, 3.63) is 74.8 Å². The number of hydrogen-bond donors (Lipinski definition) is 1. The Bertz CT molecular complexity index is 1190. The van der Waals surface area contributed by atoms with Crippen LogP contribution < -0.4 is 4.74 Å². The fourth-order valence-corrected chi connectivity index (χ4v) is 4.70. The molecule has 4 rings (SSSR count). The number of nitrogens with zero attached hydrogens (tertiary/aromatic N) is 3. The maximum absolute atomic E-state index is 13.2. The second-order valence-electron chi connectivity index (χ2n) is 8.83. The number of ketones is 1. The number of non-ortho nitro benzene ring substituents is 1. The lowest BCUT2D eigenvalue weighted by atomic mass is 9.93. The molecule has 0 aromatic heterocycles. The zero-order valence-corrected chi connectivity index (χ0v) is 20.3. The quantitative estimate of drug-likeness (QED) is 0.195. The molecule has 0 bridgehead atoms. The predicted octanol–water partition coefficient (Wildman–Crippen LogP) is 3.06. The number of nitro groups is 1. The van der Waals surface area contributed by atoms with Gasteiger partial charge in [0.1, 0.15) is 11.5 Å². The minimum Gasteiger partial charge on any atom is -0.507 e. The number of likely N-dealkylation sites (tertiary alicyclic amines) is 1. The van der Waals surface area contributed by atoms with Gasteiger partial charge in [-0.25, -0.2) is 0 Å². The Balaban J connectivity index is 1.71. The molecule has 2 heterocycles. The summed E-state index contributed by atoms with van der Waals surface area (Å²) < 4.78 is 10.6. The summed E-state index contributed by atoms with van der Waals surface area (Å²) in [5.41, 5.74) is 1.46. The smallest absolute Gasteiger partial charge is 0.295 e. The van der Waals surface area contributed by atoms with E-state index in [0.717, 1.165) is 19.6 Å². The van der Waals surface area contributed by atoms with Gasteiger partial charge in [0, 0.05) is 43.9 Å². The SMILES string of the molecule is COc1ccc(C(O)=C2C(=O)C(=O)N(CCCN3CCOCC3)[C@H]2c2ccc([N+](=O)[O-])cc2)c(C)c1. The lowest BCUT2D eigenvalue weighted by molar-refractivity contribution is -0.384. The van der Waals surface area contributed by atoms with E-state index in [1.165, 1.54) is 36.3 Å². The number of morpholine rings is 1. The number of nitro benzene ring substituents is 1. The fourth-order valence-electron chi connectivity index (χ4n) is 4.70. The van der Waals surface area contributed by atoms with E-state index in [4.69, 9.17) is 9.47 Å². The first kappa shape index (κ1) is 25.3. The van der Waals surface area contributed by atoms with Crippen molar-refractivity contribution in [1.82, 2.24) is 9.80 Å². The van der Waals surface area contributed by atoms with Gasteiger partial charge in [0.15, 0.2) is 0 Å². The summed E-state index contributed by atoms with van der Waals surface area (Å²) in [6, 6.07) is 9.90. The van der Waals surface area contributed by atoms with Crippen molar-refractivity contribution in [2.24, 2.45) is 0 Å². The molecule has 190 valence electrons. The van der Waals surface area contributed by atoms with E-state index in [0.29, 0.717) is 48.6 Å². The van der Waals surface area contributed by atoms with Crippen LogP contribution in [0.4, 0.5) is 5.69 Å². The molecule has 1 atom stereocenters. The van der Waals surface area contributed by atoms with Crippen molar-refractivity contribution >= 4 is 23.1 Å². The van der Waals surface area contributed by atoms with E-state index < -0.39 is 22.7 Å². The van der Waals surface area contributed by atoms with Crippen molar-refractivity contribution in [3.63, 3.8) is 0 Å². The summed E-state index contributed by atoms with van der Waals surface area (Å²) in [7, 11) is 1.53. The molecule has 2 saturated heterocycles. The van der Waals surface area contributed by atoms with Crippen LogP contribution in [0.3, 0.4) is 0 Å². The molecule has 0 spiro atoms. The number of methoxy groups -OCH3 is 1. The molecule has 0 aliphatic carbocycles. The largest absolute Gasteiger partial charge is 0.507 e. The lowest BCUT2D eigenvalue weighted by Crippen LogP contribution is -2.38. The Kier molecular flexibility index (Phi) is 7.66. The minimum absolute atomic E-state index is 0.0338. The Morgan fingerprint density at radius 2 is 1.83 bits per heavy atom. The third-order valence-electron chi connectivity index (χ3n) is 6.63. The third-order valence-corrected chi connectivity index (χ3v) is 6.63. The number of carbonyl (C=O) groups is 2. The summed E-state index contributed by atoms with van der Waals surface area (Å²) in [5, 5.41) is 22.4. The zero-order chi connectivity index (χ0) is 25.8. The van der Waals surface area contributed by atoms with Crippen LogP contribution in [-0.4, -0.2) is 78.0 Å². The average Bonchev–Trinajstić information content (AvgIpc) is 3.14. The average molecular weight is 496 g/mol. The number of aryl methyl sites for hydroxylation is 1. The van der Waals surface area contributed by atoms with Crippen molar-refractivity contribution in [2.75, 3.05) is 46.5 Å². The number of rotatable bonds is 8. The Hall–Kier alpha value is -3.76. The standard InChI is InChI=1S/C26H29N3O7/c1-17-16-20(35-2)8-9-21(17)24(30)22-23(18-4-6-19(7-5-18)29(33)34)28(26(32)25(22)31)11-3-10-27-12-14-36-15-13-27/h4-9,16,23,30H,3,10-15H2,1-2H3/t23-/m0/s1. The molecule has 2 aromatic rings. The Labute approximate surface area is 208 Å². The van der Waals surface area contributed by atoms with Gasteiger partial charge >= 0.3 is 0 Å². The second-order valence-corrected chi connectivity index (χ2v) is 8.83. The van der Waals surface area contributed by atoms with E-state index in [9.17, 15) is 24.8 Å². The van der Waals surface area contributed by atoms with Gasteiger partial charge in [0.25, 0.3) is 17.4 Å². The number of carbonyl (C=O) groups excluding carboxylic acids is 2. The summed E-state index contributed by atoms with van der Waals surface area (Å²) in [6.45, 7) is 5.74. The molecule has 10 heteroatoms. The highest BCUT2D eigenvalue weighted by molar-refractivity contribution is 6.46. The van der Waals surface area contributed by atoms with Gasteiger partial charge < -0.3 is 19.5 Å². The molecule has 1 amide bonds. The number of Topliss-reactive ketones (excluding diaryl/α,β-unsaturated/α-hetero) is 1. The summed E-state index contributed by atoms with van der Waals surface area (Å²) >= 11 is 0. The molecular formula is C26H29N3O7. The maximum Gasteiger partial charge on any atom is 0.295 e. The molecule has 10 nitrogen and oxygen atoms in total. The Morgan fingerprint density at radius 3 is 2.44 bits per heavy atom. The monoisotopic (exact) mass is 495 g/mol. The summed E-state index contributed by atoms with van der Waals surface area (Å²) in [5.74, 6) is -1.17. The molecule has 0 saturated carbocycles. The highest BCUT2D eigenvalue weighted by Crippen LogP contribution is 2.40. The topological polar surface area (TPSA) is 122 Å². The molecule has 36 heavy (non-hydrogen) atoms. The molecule has 1 N–H and O–H groups in total. The van der Waals surface area contributed by atoms with Crippen LogP contribution in [0.5, 0.6) is 5.75 Å². The molecule has 2 aliphatic heterocycles. The van der Waals surface area contributed by atoms with Crippen LogP contribution >= 0.6 is 0 Å². The van der Waals surface area contributed by atoms with E-state index >= 15 is 0 Å². The van der Waals surface area contributed by atoms with Gasteiger partial charge in [-0.2, -0.15) is 0 Å². The van der Waals surface area contributed by atoms with Crippen LogP contribution in [0.2, 0.25) is 0 Å². The number of hydrogen-bond acceptors (Lipinski definition) is 8. The van der Waals surface area contributed by atoms with E-state index in [2.05, 4.69) is 4.90 Å². The molecule has 2 aromatic carbocycles. The van der Waals surface area contributed by atoms with Gasteiger partial charge in [-0.1, -0.05) is 0 Å². The molecule has 2 fully saturated rings. The van der Waals surface area contributed by atoms with Crippen molar-refractivity contribution in [1.29, 1.82) is 0 Å². The van der Waals surface area contributed by atoms with Crippen molar-refractivity contribution < 1.29 is 29.1 Å². The number of ether oxygens (including phenoxy) is 2. The predicted molar refractivity (Wildman–Crippen MR) is 132 cm³/mol. The Morgan fingerprint density at radius 1 is 1.14 bits per heavy atom. The number of benzene rings is 2. The molecule has 2 aliphatic rings. The van der Waals surface area contributed by atoms with Gasteiger partial charge in [0.05, 0.1) is 36.9 Å².